The van der Waals surface area contributed by atoms with E-state index in [1.165, 1.54) is 23.1 Å². The quantitative estimate of drug-likeness (QED) is 0.480. The molecular weight excluding hydrogens is 478 g/mol. The highest BCUT2D eigenvalue weighted by atomic mass is 35.5. The first-order valence-electron chi connectivity index (χ1n) is 11.6. The van der Waals surface area contributed by atoms with E-state index in [2.05, 4.69) is 11.4 Å². The van der Waals surface area contributed by atoms with Gasteiger partial charge >= 0.3 is 0 Å². The largest absolute Gasteiger partial charge is 0.376 e. The zero-order valence-electron chi connectivity index (χ0n) is 19.2. The Morgan fingerprint density at radius 3 is 2.56 bits per heavy atom. The van der Waals surface area contributed by atoms with Gasteiger partial charge in [0.15, 0.2) is 0 Å². The van der Waals surface area contributed by atoms with Gasteiger partial charge < -0.3 is 10.1 Å². The van der Waals surface area contributed by atoms with Crippen LogP contribution in [0.5, 0.6) is 0 Å². The number of halogens is 1. The number of carbonyl (C=O) groups excluding carboxylic acids is 3. The van der Waals surface area contributed by atoms with Crippen LogP contribution in [-0.4, -0.2) is 41.9 Å². The second kappa shape index (κ2) is 9.94. The van der Waals surface area contributed by atoms with Gasteiger partial charge in [-0.2, -0.15) is 5.26 Å². The molecular formula is C28H22ClN3O4. The first kappa shape index (κ1) is 23.7. The maximum atomic E-state index is 12.9. The number of nitrogens with one attached hydrogen (secondary N) is 1. The summed E-state index contributed by atoms with van der Waals surface area (Å²) in [4.78, 5) is 39.8. The fourth-order valence-electron chi connectivity index (χ4n) is 4.60. The van der Waals surface area contributed by atoms with Crippen LogP contribution in [0.4, 0.5) is 5.69 Å². The molecule has 3 aromatic carbocycles. The summed E-state index contributed by atoms with van der Waals surface area (Å²) in [7, 11) is 0. The minimum Gasteiger partial charge on any atom is -0.376 e. The Morgan fingerprint density at radius 1 is 1.08 bits per heavy atom. The number of carbonyl (C=O) groups is 3. The number of benzene rings is 3. The summed E-state index contributed by atoms with van der Waals surface area (Å²) in [5, 5.41) is 12.8. The molecule has 3 aromatic rings. The lowest BCUT2D eigenvalue weighted by Gasteiger charge is -2.17. The Bertz CT molecular complexity index is 1390. The van der Waals surface area contributed by atoms with Gasteiger partial charge in [-0.15, -0.1) is 0 Å². The average Bonchev–Trinajstić information content (AvgIpc) is 3.49. The van der Waals surface area contributed by atoms with Crippen LogP contribution in [0.3, 0.4) is 0 Å². The Kier molecular flexibility index (Phi) is 6.55. The average molecular weight is 500 g/mol. The second-order valence-electron chi connectivity index (χ2n) is 8.78. The van der Waals surface area contributed by atoms with E-state index in [1.807, 2.05) is 30.3 Å². The van der Waals surface area contributed by atoms with Crippen LogP contribution < -0.4 is 5.32 Å². The molecule has 3 amide bonds. The number of imide groups is 1. The summed E-state index contributed by atoms with van der Waals surface area (Å²) in [5.74, 6) is -1.78. The SMILES string of the molecule is N#CC(c1ccccc1)c1ccc(NC(=O)c2ccc3c(c2)C(=O)N(CC2CCCO2)C3=O)cc1Cl. The third-order valence-corrected chi connectivity index (χ3v) is 6.80. The first-order valence-corrected chi connectivity index (χ1v) is 12.0. The van der Waals surface area contributed by atoms with E-state index in [0.29, 0.717) is 22.9 Å². The maximum Gasteiger partial charge on any atom is 0.261 e. The second-order valence-corrected chi connectivity index (χ2v) is 9.19. The van der Waals surface area contributed by atoms with E-state index < -0.39 is 17.7 Å². The van der Waals surface area contributed by atoms with E-state index in [9.17, 15) is 19.6 Å². The molecule has 2 atom stereocenters. The van der Waals surface area contributed by atoms with Crippen LogP contribution in [-0.2, 0) is 4.74 Å². The topological polar surface area (TPSA) is 99.5 Å². The van der Waals surface area contributed by atoms with Crippen molar-refractivity contribution in [2.75, 3.05) is 18.5 Å². The third kappa shape index (κ3) is 4.49. The molecule has 0 spiro atoms. The lowest BCUT2D eigenvalue weighted by Crippen LogP contribution is -2.36. The van der Waals surface area contributed by atoms with Gasteiger partial charge in [0.2, 0.25) is 0 Å². The number of hydrogen-bond acceptors (Lipinski definition) is 5. The molecule has 0 saturated carbocycles. The van der Waals surface area contributed by atoms with Gasteiger partial charge in [-0.05, 0) is 54.3 Å². The van der Waals surface area contributed by atoms with Crippen LogP contribution in [0.25, 0.3) is 0 Å². The third-order valence-electron chi connectivity index (χ3n) is 6.47. The molecule has 0 bridgehead atoms. The van der Waals surface area contributed by atoms with Crippen LogP contribution in [0.1, 0.15) is 61.0 Å². The Balaban J connectivity index is 1.32. The van der Waals surface area contributed by atoms with Gasteiger partial charge in [-0.3, -0.25) is 19.3 Å². The summed E-state index contributed by atoms with van der Waals surface area (Å²) in [6, 6.07) is 21.1. The Hall–Kier alpha value is -3.99. The molecule has 2 aliphatic rings. The Labute approximate surface area is 213 Å². The molecule has 1 saturated heterocycles. The van der Waals surface area contributed by atoms with E-state index in [1.54, 1.807) is 18.2 Å². The lowest BCUT2D eigenvalue weighted by atomic mass is 9.92. The molecule has 1 N–H and O–H groups in total. The predicted molar refractivity (Wildman–Crippen MR) is 134 cm³/mol. The number of anilines is 1. The zero-order chi connectivity index (χ0) is 25.2. The van der Waals surface area contributed by atoms with Gasteiger partial charge in [0.1, 0.15) is 0 Å². The van der Waals surface area contributed by atoms with Crippen LogP contribution in [0.2, 0.25) is 5.02 Å². The van der Waals surface area contributed by atoms with Gasteiger partial charge in [0, 0.05) is 22.9 Å². The molecule has 36 heavy (non-hydrogen) atoms. The van der Waals surface area contributed by atoms with E-state index in [4.69, 9.17) is 16.3 Å². The number of nitriles is 1. The number of ether oxygens (including phenoxy) is 1. The van der Waals surface area contributed by atoms with Crippen molar-refractivity contribution in [2.45, 2.75) is 24.9 Å². The van der Waals surface area contributed by atoms with Gasteiger partial charge in [0.05, 0.1) is 35.8 Å². The van der Waals surface area contributed by atoms with Crippen molar-refractivity contribution in [3.05, 3.63) is 99.6 Å². The number of rotatable bonds is 6. The van der Waals surface area contributed by atoms with E-state index in [-0.39, 0.29) is 35.2 Å². The van der Waals surface area contributed by atoms with Crippen molar-refractivity contribution in [3.63, 3.8) is 0 Å². The molecule has 0 aromatic heterocycles. The highest BCUT2D eigenvalue weighted by molar-refractivity contribution is 6.32. The van der Waals surface area contributed by atoms with Crippen LogP contribution in [0.15, 0.2) is 66.7 Å². The number of fused-ring (bicyclic) bond motifs is 1. The first-order chi connectivity index (χ1) is 17.5. The summed E-state index contributed by atoms with van der Waals surface area (Å²) in [6.45, 7) is 0.845. The molecule has 1 fully saturated rings. The van der Waals surface area contributed by atoms with Crippen molar-refractivity contribution in [1.82, 2.24) is 4.90 Å². The molecule has 8 heteroatoms. The zero-order valence-corrected chi connectivity index (χ0v) is 20.0. The standard InChI is InChI=1S/C28H22ClN3O4/c29-25-14-19(9-11-21(25)24(15-30)17-5-2-1-3-6-17)31-26(33)18-8-10-22-23(13-18)28(35)32(27(22)34)16-20-7-4-12-36-20/h1-3,5-6,8-11,13-14,20,24H,4,7,12,16H2,(H,31,33). The van der Waals surface area contributed by atoms with Gasteiger partial charge in [0.25, 0.3) is 17.7 Å². The fraction of sp³-hybridized carbons (Fsp3) is 0.214. The maximum absolute atomic E-state index is 12.9. The molecule has 2 aliphatic heterocycles. The molecule has 180 valence electrons. The van der Waals surface area contributed by atoms with Gasteiger partial charge in [-0.25, -0.2) is 0 Å². The fourth-order valence-corrected chi connectivity index (χ4v) is 4.89. The van der Waals surface area contributed by atoms with E-state index >= 15 is 0 Å². The van der Waals surface area contributed by atoms with Crippen LogP contribution in [0, 0.1) is 11.3 Å². The van der Waals surface area contributed by atoms with Crippen molar-refractivity contribution < 1.29 is 19.1 Å². The highest BCUT2D eigenvalue weighted by Crippen LogP contribution is 2.32. The summed E-state index contributed by atoms with van der Waals surface area (Å²) < 4.78 is 5.56. The molecule has 0 aliphatic carbocycles. The molecule has 7 nitrogen and oxygen atoms in total. The monoisotopic (exact) mass is 499 g/mol. The highest BCUT2D eigenvalue weighted by Gasteiger charge is 2.38. The van der Waals surface area contributed by atoms with E-state index in [0.717, 1.165) is 18.4 Å². The van der Waals surface area contributed by atoms with Crippen molar-refractivity contribution in [3.8, 4) is 6.07 Å². The number of amides is 3. The predicted octanol–water partition coefficient (Wildman–Crippen LogP) is 5.02. The van der Waals surface area contributed by atoms with Gasteiger partial charge in [-0.1, -0.05) is 48.0 Å². The summed E-state index contributed by atoms with van der Waals surface area (Å²) in [6.07, 6.45) is 1.57. The number of hydrogen-bond donors (Lipinski definition) is 1. The molecule has 2 unspecified atom stereocenters. The lowest BCUT2D eigenvalue weighted by molar-refractivity contribution is 0.0475. The normalized spacial score (nSPS) is 17.6. The molecule has 5 rings (SSSR count). The van der Waals surface area contributed by atoms with Crippen molar-refractivity contribution in [2.24, 2.45) is 0 Å². The number of nitrogens with zero attached hydrogens (tertiary/aromatic N) is 2. The molecule has 0 radical (unpaired) electrons. The minimum absolute atomic E-state index is 0.148. The summed E-state index contributed by atoms with van der Waals surface area (Å²) in [5.41, 5.74) is 2.64. The van der Waals surface area contributed by atoms with Crippen molar-refractivity contribution >= 4 is 35.0 Å². The minimum atomic E-state index is -0.540. The summed E-state index contributed by atoms with van der Waals surface area (Å²) >= 11 is 6.48. The molecule has 2 heterocycles. The van der Waals surface area contributed by atoms with Crippen LogP contribution >= 0.6 is 11.6 Å². The smallest absolute Gasteiger partial charge is 0.261 e. The van der Waals surface area contributed by atoms with Crippen molar-refractivity contribution in [1.29, 1.82) is 5.26 Å². The Morgan fingerprint density at radius 2 is 1.86 bits per heavy atom.